The number of halogens is 3. The summed E-state index contributed by atoms with van der Waals surface area (Å²) in [6.07, 6.45) is 0. The smallest absolute Gasteiger partial charge is 0.126 e. The van der Waals surface area contributed by atoms with Crippen molar-refractivity contribution in [2.24, 2.45) is 0 Å². The molecule has 1 N–H and O–H groups in total. The van der Waals surface area contributed by atoms with Crippen molar-refractivity contribution in [2.45, 2.75) is 19.9 Å². The van der Waals surface area contributed by atoms with Gasteiger partial charge in [-0.2, -0.15) is 0 Å². The van der Waals surface area contributed by atoms with Gasteiger partial charge in [0, 0.05) is 22.3 Å². The monoisotopic (exact) mass is 325 g/mol. The molecule has 1 unspecified atom stereocenters. The second kappa shape index (κ2) is 5.70. The zero-order chi connectivity index (χ0) is 14.0. The molecular weight excluding hydrogens is 312 g/mol. The van der Waals surface area contributed by atoms with E-state index in [-0.39, 0.29) is 6.04 Å². The molecule has 0 spiro atoms. The summed E-state index contributed by atoms with van der Waals surface area (Å²) in [5.41, 5.74) is 2.59. The van der Waals surface area contributed by atoms with Crippen molar-refractivity contribution in [3.63, 3.8) is 0 Å². The molecule has 2 aromatic carbocycles. The number of anilines is 1. The molecule has 0 saturated heterocycles. The van der Waals surface area contributed by atoms with E-state index < -0.39 is 11.6 Å². The highest BCUT2D eigenvalue weighted by Gasteiger charge is 2.10. The summed E-state index contributed by atoms with van der Waals surface area (Å²) in [5, 5.41) is 3.24. The van der Waals surface area contributed by atoms with E-state index in [2.05, 4.69) is 21.2 Å². The van der Waals surface area contributed by atoms with Gasteiger partial charge in [-0.3, -0.25) is 0 Å². The van der Waals surface area contributed by atoms with Gasteiger partial charge in [-0.15, -0.1) is 0 Å². The van der Waals surface area contributed by atoms with E-state index >= 15 is 0 Å². The molecule has 0 radical (unpaired) electrons. The van der Waals surface area contributed by atoms with Crippen molar-refractivity contribution in [1.29, 1.82) is 0 Å². The summed E-state index contributed by atoms with van der Waals surface area (Å²) < 4.78 is 27.3. The van der Waals surface area contributed by atoms with Crippen LogP contribution in [0.1, 0.15) is 24.1 Å². The minimum Gasteiger partial charge on any atom is -0.378 e. The maximum absolute atomic E-state index is 13.2. The Hall–Kier alpha value is -1.42. The van der Waals surface area contributed by atoms with Crippen molar-refractivity contribution in [1.82, 2.24) is 0 Å². The van der Waals surface area contributed by atoms with Gasteiger partial charge in [0.15, 0.2) is 0 Å². The SMILES string of the molecule is Cc1ccc(Br)c(NC(C)c2cc(F)cc(F)c2)c1. The number of rotatable bonds is 3. The molecule has 0 aliphatic heterocycles. The molecule has 0 aliphatic rings. The fraction of sp³-hybridized carbons (Fsp3) is 0.200. The van der Waals surface area contributed by atoms with Crippen LogP contribution in [0.15, 0.2) is 40.9 Å². The first-order valence-corrected chi connectivity index (χ1v) is 6.73. The normalized spacial score (nSPS) is 12.3. The lowest BCUT2D eigenvalue weighted by Crippen LogP contribution is -2.08. The number of hydrogen-bond acceptors (Lipinski definition) is 1. The van der Waals surface area contributed by atoms with Crippen molar-refractivity contribution in [3.8, 4) is 0 Å². The van der Waals surface area contributed by atoms with E-state index in [9.17, 15) is 8.78 Å². The van der Waals surface area contributed by atoms with Crippen LogP contribution in [0.25, 0.3) is 0 Å². The molecule has 0 amide bonds. The van der Waals surface area contributed by atoms with E-state index in [1.807, 2.05) is 32.0 Å². The van der Waals surface area contributed by atoms with Crippen molar-refractivity contribution in [2.75, 3.05) is 5.32 Å². The van der Waals surface area contributed by atoms with E-state index in [0.29, 0.717) is 5.56 Å². The quantitative estimate of drug-likeness (QED) is 0.816. The number of nitrogens with one attached hydrogen (secondary N) is 1. The summed E-state index contributed by atoms with van der Waals surface area (Å²) in [4.78, 5) is 0. The summed E-state index contributed by atoms with van der Waals surface area (Å²) in [7, 11) is 0. The standard InChI is InChI=1S/C15H14BrF2N/c1-9-3-4-14(16)15(5-9)19-10(2)11-6-12(17)8-13(18)7-11/h3-8,10,19H,1-2H3. The van der Waals surface area contributed by atoms with Gasteiger partial charge in [-0.05, 0) is 65.2 Å². The summed E-state index contributed by atoms with van der Waals surface area (Å²) in [6.45, 7) is 3.85. The Morgan fingerprint density at radius 3 is 2.32 bits per heavy atom. The maximum Gasteiger partial charge on any atom is 0.126 e. The zero-order valence-electron chi connectivity index (χ0n) is 10.7. The molecule has 1 atom stereocenters. The van der Waals surface area contributed by atoms with Crippen molar-refractivity contribution >= 4 is 21.6 Å². The van der Waals surface area contributed by atoms with Gasteiger partial charge in [0.25, 0.3) is 0 Å². The van der Waals surface area contributed by atoms with Gasteiger partial charge in [0.2, 0.25) is 0 Å². The summed E-state index contributed by atoms with van der Waals surface area (Å²) >= 11 is 3.45. The van der Waals surface area contributed by atoms with Crippen LogP contribution in [0.2, 0.25) is 0 Å². The fourth-order valence-corrected chi connectivity index (χ4v) is 2.25. The number of aryl methyl sites for hydroxylation is 1. The zero-order valence-corrected chi connectivity index (χ0v) is 12.3. The van der Waals surface area contributed by atoms with E-state index in [1.165, 1.54) is 12.1 Å². The van der Waals surface area contributed by atoms with Gasteiger partial charge in [0.05, 0.1) is 0 Å². The molecule has 0 fully saturated rings. The van der Waals surface area contributed by atoms with E-state index in [1.54, 1.807) is 0 Å². The maximum atomic E-state index is 13.2. The lowest BCUT2D eigenvalue weighted by atomic mass is 10.1. The molecule has 100 valence electrons. The predicted octanol–water partition coefficient (Wildman–Crippen LogP) is 5.21. The van der Waals surface area contributed by atoms with Crippen LogP contribution in [-0.2, 0) is 0 Å². The molecule has 0 aromatic heterocycles. The van der Waals surface area contributed by atoms with Crippen LogP contribution in [0.5, 0.6) is 0 Å². The predicted molar refractivity (Wildman–Crippen MR) is 77.3 cm³/mol. The number of benzene rings is 2. The third kappa shape index (κ3) is 3.53. The molecule has 1 nitrogen and oxygen atoms in total. The van der Waals surface area contributed by atoms with E-state index in [0.717, 1.165) is 21.8 Å². The van der Waals surface area contributed by atoms with Crippen LogP contribution in [0.3, 0.4) is 0 Å². The molecule has 4 heteroatoms. The lowest BCUT2D eigenvalue weighted by Gasteiger charge is -2.17. The highest BCUT2D eigenvalue weighted by atomic mass is 79.9. The molecule has 19 heavy (non-hydrogen) atoms. The highest BCUT2D eigenvalue weighted by molar-refractivity contribution is 9.10. The Morgan fingerprint density at radius 1 is 1.05 bits per heavy atom. The molecule has 0 heterocycles. The Kier molecular flexibility index (Phi) is 4.20. The lowest BCUT2D eigenvalue weighted by molar-refractivity contribution is 0.577. The average molecular weight is 326 g/mol. The summed E-state index contributed by atoms with van der Waals surface area (Å²) in [5.74, 6) is -1.13. The minimum absolute atomic E-state index is 0.191. The third-order valence-corrected chi connectivity index (χ3v) is 3.57. The first kappa shape index (κ1) is 14.0. The average Bonchev–Trinajstić information content (AvgIpc) is 2.32. The Labute approximate surface area is 119 Å². The minimum atomic E-state index is -0.563. The van der Waals surface area contributed by atoms with Gasteiger partial charge in [-0.1, -0.05) is 6.07 Å². The van der Waals surface area contributed by atoms with Gasteiger partial charge < -0.3 is 5.32 Å². The largest absolute Gasteiger partial charge is 0.378 e. The highest BCUT2D eigenvalue weighted by Crippen LogP contribution is 2.28. The van der Waals surface area contributed by atoms with Crippen LogP contribution in [-0.4, -0.2) is 0 Å². The molecule has 2 aromatic rings. The van der Waals surface area contributed by atoms with Crippen LogP contribution in [0.4, 0.5) is 14.5 Å². The topological polar surface area (TPSA) is 12.0 Å². The Balaban J connectivity index is 2.25. The first-order valence-electron chi connectivity index (χ1n) is 5.94. The first-order chi connectivity index (χ1) is 8.95. The van der Waals surface area contributed by atoms with Crippen LogP contribution in [0, 0.1) is 18.6 Å². The van der Waals surface area contributed by atoms with Crippen LogP contribution < -0.4 is 5.32 Å². The van der Waals surface area contributed by atoms with Crippen molar-refractivity contribution in [3.05, 3.63) is 63.6 Å². The Morgan fingerprint density at radius 2 is 1.68 bits per heavy atom. The fourth-order valence-electron chi connectivity index (χ4n) is 1.89. The van der Waals surface area contributed by atoms with Gasteiger partial charge in [0.1, 0.15) is 11.6 Å². The molecular formula is C15H14BrF2N. The Bertz CT molecular complexity index is 578. The summed E-state index contributed by atoms with van der Waals surface area (Å²) in [6, 6.07) is 9.27. The van der Waals surface area contributed by atoms with Gasteiger partial charge in [-0.25, -0.2) is 8.78 Å². The second-order valence-corrected chi connectivity index (χ2v) is 5.41. The third-order valence-electron chi connectivity index (χ3n) is 2.88. The molecule has 0 bridgehead atoms. The molecule has 2 rings (SSSR count). The van der Waals surface area contributed by atoms with Gasteiger partial charge >= 0.3 is 0 Å². The number of hydrogen-bond donors (Lipinski definition) is 1. The molecule has 0 aliphatic carbocycles. The second-order valence-electron chi connectivity index (χ2n) is 4.55. The van der Waals surface area contributed by atoms with Crippen LogP contribution >= 0.6 is 15.9 Å². The molecule has 0 saturated carbocycles. The van der Waals surface area contributed by atoms with E-state index in [4.69, 9.17) is 0 Å². The van der Waals surface area contributed by atoms with Crippen molar-refractivity contribution < 1.29 is 8.78 Å².